The van der Waals surface area contributed by atoms with Crippen molar-refractivity contribution in [2.45, 2.75) is 25.5 Å². The Morgan fingerprint density at radius 3 is 2.54 bits per heavy atom. The number of imidazole rings is 1. The van der Waals surface area contributed by atoms with Crippen molar-refractivity contribution in [1.82, 2.24) is 9.55 Å². The van der Waals surface area contributed by atoms with Crippen LogP contribution in [0.2, 0.25) is 0 Å². The van der Waals surface area contributed by atoms with Crippen LogP contribution in [0.3, 0.4) is 0 Å². The van der Waals surface area contributed by atoms with E-state index >= 15 is 0 Å². The molecule has 0 radical (unpaired) electrons. The van der Waals surface area contributed by atoms with Crippen molar-refractivity contribution in [1.29, 1.82) is 0 Å². The van der Waals surface area contributed by atoms with Gasteiger partial charge >= 0.3 is 0 Å². The number of thioether (sulfide) groups is 1. The Bertz CT molecular complexity index is 1330. The van der Waals surface area contributed by atoms with Gasteiger partial charge in [-0.15, -0.1) is 0 Å². The van der Waals surface area contributed by atoms with Gasteiger partial charge in [-0.1, -0.05) is 36.0 Å². The molecule has 0 unspecified atom stereocenters. The lowest BCUT2D eigenvalue weighted by Gasteiger charge is -2.22. The third-order valence-corrected chi connectivity index (χ3v) is 6.53. The van der Waals surface area contributed by atoms with E-state index < -0.39 is 0 Å². The van der Waals surface area contributed by atoms with E-state index in [2.05, 4.69) is 5.32 Å². The zero-order chi connectivity index (χ0) is 24.8. The number of nitrogens with zero attached hydrogens (tertiary/aromatic N) is 3. The number of aryl methyl sites for hydroxylation is 1. The molecule has 180 valence electrons. The Kier molecular flexibility index (Phi) is 7.72. The van der Waals surface area contributed by atoms with Gasteiger partial charge in [0, 0.05) is 17.9 Å². The molecule has 4 rings (SSSR count). The number of anilines is 2. The van der Waals surface area contributed by atoms with Crippen LogP contribution in [0.25, 0.3) is 11.0 Å². The number of fused-ring (bicyclic) bond motifs is 1. The largest absolute Gasteiger partial charge is 0.497 e. The number of ether oxygens (including phenoxy) is 1. The van der Waals surface area contributed by atoms with Crippen molar-refractivity contribution in [2.24, 2.45) is 0 Å². The van der Waals surface area contributed by atoms with E-state index in [-0.39, 0.29) is 24.1 Å². The first-order valence-corrected chi connectivity index (χ1v) is 12.4. The summed E-state index contributed by atoms with van der Waals surface area (Å²) in [6.07, 6.45) is 0. The van der Waals surface area contributed by atoms with E-state index in [9.17, 15) is 9.59 Å². The summed E-state index contributed by atoms with van der Waals surface area (Å²) >= 11 is 1.31. The molecule has 3 aromatic carbocycles. The third-order valence-electron chi connectivity index (χ3n) is 5.55. The summed E-state index contributed by atoms with van der Waals surface area (Å²) in [6.45, 7) is 4.66. The fourth-order valence-corrected chi connectivity index (χ4v) is 4.65. The second-order valence-electron chi connectivity index (χ2n) is 8.01. The van der Waals surface area contributed by atoms with Crippen LogP contribution in [0.1, 0.15) is 12.5 Å². The predicted molar refractivity (Wildman–Crippen MR) is 141 cm³/mol. The number of carbonyl (C=O) groups excluding carboxylic acids is 2. The first kappa shape index (κ1) is 24.3. The number of hydrogen-bond acceptors (Lipinski definition) is 5. The maximum Gasteiger partial charge on any atom is 0.247 e. The predicted octanol–water partition coefficient (Wildman–Crippen LogP) is 5.14. The van der Waals surface area contributed by atoms with Crippen LogP contribution in [0.15, 0.2) is 78.0 Å². The van der Waals surface area contributed by atoms with Crippen molar-refractivity contribution in [2.75, 3.05) is 29.6 Å². The fraction of sp³-hybridized carbons (Fsp3) is 0.222. The molecule has 1 aromatic heterocycles. The van der Waals surface area contributed by atoms with E-state index in [0.717, 1.165) is 28.0 Å². The Morgan fingerprint density at radius 2 is 1.83 bits per heavy atom. The van der Waals surface area contributed by atoms with Crippen molar-refractivity contribution in [3.05, 3.63) is 78.4 Å². The molecule has 0 saturated heterocycles. The van der Waals surface area contributed by atoms with Crippen LogP contribution in [0.5, 0.6) is 5.75 Å². The number of carbonyl (C=O) groups is 2. The normalized spacial score (nSPS) is 10.8. The summed E-state index contributed by atoms with van der Waals surface area (Å²) in [5, 5.41) is 3.51. The number of amides is 2. The smallest absolute Gasteiger partial charge is 0.247 e. The van der Waals surface area contributed by atoms with Crippen LogP contribution in [0.4, 0.5) is 11.4 Å². The van der Waals surface area contributed by atoms with Crippen LogP contribution in [-0.4, -0.2) is 40.8 Å². The summed E-state index contributed by atoms with van der Waals surface area (Å²) in [4.78, 5) is 32.4. The zero-order valence-electron chi connectivity index (χ0n) is 20.0. The monoisotopic (exact) mass is 488 g/mol. The Hall–Kier alpha value is -3.78. The van der Waals surface area contributed by atoms with Crippen LogP contribution in [0, 0.1) is 6.92 Å². The van der Waals surface area contributed by atoms with E-state index in [1.165, 1.54) is 11.8 Å². The number of para-hydroxylation sites is 2. The van der Waals surface area contributed by atoms with Crippen LogP contribution in [-0.2, 0) is 16.1 Å². The van der Waals surface area contributed by atoms with Crippen molar-refractivity contribution in [3.8, 4) is 5.75 Å². The number of hydrogen-bond donors (Lipinski definition) is 1. The average Bonchev–Trinajstić information content (AvgIpc) is 3.21. The molecule has 0 saturated carbocycles. The minimum atomic E-state index is -0.153. The fourth-order valence-electron chi connectivity index (χ4n) is 3.84. The Labute approximate surface area is 209 Å². The second-order valence-corrected chi connectivity index (χ2v) is 8.95. The highest BCUT2D eigenvalue weighted by atomic mass is 32.2. The SMILES string of the molecule is CCN(C(=O)Cn1c(SCC(=O)Nc2ccc(OC)cc2)nc2ccccc21)c1cccc(C)c1. The molecule has 1 N–H and O–H groups in total. The standard InChI is InChI=1S/C27H28N4O3S/c1-4-30(21-9-7-8-19(2)16-21)26(33)17-31-24-11-6-5-10-23(24)29-27(31)35-18-25(32)28-20-12-14-22(34-3)15-13-20/h5-16H,4,17-18H2,1-3H3,(H,28,32). The molecule has 0 aliphatic rings. The maximum absolute atomic E-state index is 13.4. The molecular weight excluding hydrogens is 460 g/mol. The van der Waals surface area contributed by atoms with Gasteiger partial charge < -0.3 is 19.5 Å². The van der Waals surface area contributed by atoms with Gasteiger partial charge in [-0.25, -0.2) is 4.98 Å². The van der Waals surface area contributed by atoms with Crippen molar-refractivity contribution < 1.29 is 14.3 Å². The lowest BCUT2D eigenvalue weighted by Crippen LogP contribution is -2.33. The molecule has 0 aliphatic carbocycles. The molecule has 1 heterocycles. The summed E-state index contributed by atoms with van der Waals surface area (Å²) in [7, 11) is 1.60. The molecule has 2 amide bonds. The van der Waals surface area contributed by atoms with E-state index in [0.29, 0.717) is 17.4 Å². The molecule has 0 aliphatic heterocycles. The lowest BCUT2D eigenvalue weighted by molar-refractivity contribution is -0.119. The minimum Gasteiger partial charge on any atom is -0.497 e. The van der Waals surface area contributed by atoms with Gasteiger partial charge in [0.05, 0.1) is 23.9 Å². The molecule has 7 nitrogen and oxygen atoms in total. The van der Waals surface area contributed by atoms with Gasteiger partial charge in [0.2, 0.25) is 11.8 Å². The van der Waals surface area contributed by atoms with Gasteiger partial charge in [-0.2, -0.15) is 0 Å². The number of benzene rings is 3. The summed E-state index contributed by atoms with van der Waals surface area (Å²) in [6, 6.07) is 22.8. The number of likely N-dealkylation sites (N-methyl/N-ethyl adjacent to an activating group) is 1. The molecule has 0 spiro atoms. The number of nitrogens with one attached hydrogen (secondary N) is 1. The van der Waals surface area contributed by atoms with Gasteiger partial charge in [0.15, 0.2) is 5.16 Å². The third kappa shape index (κ3) is 5.84. The molecule has 0 atom stereocenters. The minimum absolute atomic E-state index is 0.0363. The quantitative estimate of drug-likeness (QED) is 0.330. The molecular formula is C27H28N4O3S. The highest BCUT2D eigenvalue weighted by molar-refractivity contribution is 7.99. The van der Waals surface area contributed by atoms with Gasteiger partial charge in [-0.05, 0) is 67.9 Å². The van der Waals surface area contributed by atoms with E-state index in [1.807, 2.05) is 66.9 Å². The van der Waals surface area contributed by atoms with Gasteiger partial charge in [0.25, 0.3) is 0 Å². The first-order valence-electron chi connectivity index (χ1n) is 11.4. The summed E-state index contributed by atoms with van der Waals surface area (Å²) < 4.78 is 7.04. The topological polar surface area (TPSA) is 76.5 Å². The zero-order valence-corrected chi connectivity index (χ0v) is 20.8. The number of aromatic nitrogens is 2. The van der Waals surface area contributed by atoms with Crippen molar-refractivity contribution >= 4 is 46.0 Å². The van der Waals surface area contributed by atoms with Gasteiger partial charge in [-0.3, -0.25) is 9.59 Å². The highest BCUT2D eigenvalue weighted by Gasteiger charge is 2.20. The second kappa shape index (κ2) is 11.1. The summed E-state index contributed by atoms with van der Waals surface area (Å²) in [5.74, 6) is 0.701. The number of methoxy groups -OCH3 is 1. The Balaban J connectivity index is 1.51. The van der Waals surface area contributed by atoms with Crippen molar-refractivity contribution in [3.63, 3.8) is 0 Å². The first-order chi connectivity index (χ1) is 17.0. The highest BCUT2D eigenvalue weighted by Crippen LogP contribution is 2.26. The average molecular weight is 489 g/mol. The molecule has 8 heteroatoms. The van der Waals surface area contributed by atoms with Crippen LogP contribution < -0.4 is 15.0 Å². The molecule has 0 fully saturated rings. The molecule has 4 aromatic rings. The molecule has 0 bridgehead atoms. The lowest BCUT2D eigenvalue weighted by atomic mass is 10.2. The maximum atomic E-state index is 13.4. The number of rotatable bonds is 9. The van der Waals surface area contributed by atoms with E-state index in [4.69, 9.17) is 9.72 Å². The summed E-state index contributed by atoms with van der Waals surface area (Å²) in [5.41, 5.74) is 4.31. The van der Waals surface area contributed by atoms with Crippen LogP contribution >= 0.6 is 11.8 Å². The van der Waals surface area contributed by atoms with E-state index in [1.54, 1.807) is 36.3 Å². The molecule has 35 heavy (non-hydrogen) atoms. The van der Waals surface area contributed by atoms with Gasteiger partial charge in [0.1, 0.15) is 12.3 Å². The Morgan fingerprint density at radius 1 is 1.06 bits per heavy atom.